The molecular weight excluding hydrogens is 396 g/mol. The van der Waals surface area contributed by atoms with Crippen LogP contribution in [0, 0.1) is 5.82 Å². The Hall–Kier alpha value is -0.470. The van der Waals surface area contributed by atoms with Crippen LogP contribution in [0.3, 0.4) is 0 Å². The highest BCUT2D eigenvalue weighted by Crippen LogP contribution is 2.32. The summed E-state index contributed by atoms with van der Waals surface area (Å²) in [6, 6.07) is 2.73. The number of rotatable bonds is 4. The first kappa shape index (κ1) is 16.9. The number of hydrogen-bond acceptors (Lipinski definition) is 2. The van der Waals surface area contributed by atoms with E-state index in [4.69, 9.17) is 11.6 Å². The first-order chi connectivity index (χ1) is 9.69. The molecule has 1 aromatic heterocycles. The number of benzene rings is 1. The molecule has 0 radical (unpaired) electrons. The normalized spacial score (nSPS) is 13.9. The van der Waals surface area contributed by atoms with Gasteiger partial charge in [-0.25, -0.2) is 9.37 Å². The minimum atomic E-state index is -4.29. The van der Waals surface area contributed by atoms with Crippen molar-refractivity contribution in [2.45, 2.75) is 24.4 Å². The molecule has 0 spiro atoms. The van der Waals surface area contributed by atoms with Gasteiger partial charge in [0.2, 0.25) is 0 Å². The number of nitrogens with zero attached hydrogens (tertiary/aromatic N) is 2. The van der Waals surface area contributed by atoms with Crippen LogP contribution in [0.4, 0.5) is 17.6 Å². The Kier molecular flexibility index (Phi) is 5.10. The molecule has 2 rings (SSSR count). The lowest BCUT2D eigenvalue weighted by Crippen LogP contribution is -2.10. The van der Waals surface area contributed by atoms with Crippen LogP contribution in [0.5, 0.6) is 0 Å². The number of aromatic nitrogens is 2. The zero-order valence-corrected chi connectivity index (χ0v) is 13.9. The fourth-order valence-electron chi connectivity index (χ4n) is 1.93. The maximum atomic E-state index is 13.6. The van der Waals surface area contributed by atoms with Crippen molar-refractivity contribution in [3.63, 3.8) is 0 Å². The van der Waals surface area contributed by atoms with E-state index in [1.54, 1.807) is 6.92 Å². The Labute approximate surface area is 136 Å². The van der Waals surface area contributed by atoms with Crippen molar-refractivity contribution >= 4 is 50.3 Å². The summed E-state index contributed by atoms with van der Waals surface area (Å²) in [5, 5.41) is -0.491. The predicted molar refractivity (Wildman–Crippen MR) is 80.2 cm³/mol. The molecule has 0 aliphatic heterocycles. The molecule has 1 heterocycles. The highest BCUT2D eigenvalue weighted by atomic mass is 79.9. The summed E-state index contributed by atoms with van der Waals surface area (Å²) < 4.78 is 52.1. The first-order valence-electron chi connectivity index (χ1n) is 5.89. The highest BCUT2D eigenvalue weighted by Gasteiger charge is 2.28. The Morgan fingerprint density at radius 2 is 2.10 bits per heavy atom. The third kappa shape index (κ3) is 4.04. The maximum absolute atomic E-state index is 13.6. The summed E-state index contributed by atoms with van der Waals surface area (Å²) in [6.45, 7) is 1.72. The van der Waals surface area contributed by atoms with Crippen molar-refractivity contribution < 1.29 is 17.6 Å². The van der Waals surface area contributed by atoms with Gasteiger partial charge in [-0.1, -0.05) is 0 Å². The van der Waals surface area contributed by atoms with Gasteiger partial charge in [-0.15, -0.1) is 11.6 Å². The minimum absolute atomic E-state index is 0.0497. The Balaban J connectivity index is 2.39. The predicted octanol–water partition coefficient (Wildman–Crippen LogP) is 5.49. The zero-order chi connectivity index (χ0) is 15.8. The van der Waals surface area contributed by atoms with Gasteiger partial charge in [0.25, 0.3) is 0 Å². The molecule has 2 nitrogen and oxygen atoms in total. The van der Waals surface area contributed by atoms with Gasteiger partial charge in [-0.05, 0) is 40.7 Å². The monoisotopic (exact) mass is 404 g/mol. The highest BCUT2D eigenvalue weighted by molar-refractivity contribution is 9.10. The second kappa shape index (κ2) is 6.34. The number of alkyl halides is 4. The van der Waals surface area contributed by atoms with Crippen molar-refractivity contribution in [3.05, 3.63) is 28.2 Å². The summed E-state index contributed by atoms with van der Waals surface area (Å²) in [7, 11) is 0. The van der Waals surface area contributed by atoms with Crippen molar-refractivity contribution in [2.75, 3.05) is 5.75 Å². The first-order valence-corrected chi connectivity index (χ1v) is 8.10. The van der Waals surface area contributed by atoms with Gasteiger partial charge in [0.15, 0.2) is 0 Å². The molecule has 1 unspecified atom stereocenters. The number of aryl methyl sites for hydroxylation is 1. The van der Waals surface area contributed by atoms with E-state index < -0.39 is 16.7 Å². The summed E-state index contributed by atoms with van der Waals surface area (Å²) in [6.07, 6.45) is 0. The van der Waals surface area contributed by atoms with Gasteiger partial charge in [0.05, 0.1) is 20.9 Å². The molecule has 21 heavy (non-hydrogen) atoms. The average molecular weight is 406 g/mol. The molecule has 0 aliphatic rings. The van der Waals surface area contributed by atoms with Crippen molar-refractivity contribution in [1.82, 2.24) is 9.55 Å². The van der Waals surface area contributed by atoms with E-state index in [2.05, 4.69) is 20.9 Å². The van der Waals surface area contributed by atoms with Crippen molar-refractivity contribution in [3.8, 4) is 0 Å². The number of imidazole rings is 1. The second-order valence-corrected chi connectivity index (χ2v) is 6.96. The number of fused-ring (bicyclic) bond motifs is 1. The largest absolute Gasteiger partial charge is 0.441 e. The molecule has 2 aromatic rings. The molecule has 0 bridgehead atoms. The van der Waals surface area contributed by atoms with Crippen LogP contribution in [0.2, 0.25) is 0 Å². The fraction of sp³-hybridized carbons (Fsp3) is 0.417. The van der Waals surface area contributed by atoms with Gasteiger partial charge in [0, 0.05) is 18.4 Å². The lowest BCUT2D eigenvalue weighted by atomic mass is 10.3. The Bertz CT molecular complexity index is 657. The topological polar surface area (TPSA) is 17.8 Å². The molecule has 116 valence electrons. The van der Waals surface area contributed by atoms with Gasteiger partial charge < -0.3 is 4.57 Å². The molecule has 0 fully saturated rings. The van der Waals surface area contributed by atoms with Crippen LogP contribution in [0.25, 0.3) is 11.0 Å². The Morgan fingerprint density at radius 3 is 2.67 bits per heavy atom. The van der Waals surface area contributed by atoms with E-state index in [0.717, 1.165) is 0 Å². The van der Waals surface area contributed by atoms with Crippen LogP contribution in [-0.2, 0) is 6.54 Å². The van der Waals surface area contributed by atoms with Gasteiger partial charge >= 0.3 is 5.51 Å². The van der Waals surface area contributed by atoms with Crippen molar-refractivity contribution in [2.24, 2.45) is 0 Å². The molecule has 1 atom stereocenters. The zero-order valence-electron chi connectivity index (χ0n) is 10.7. The van der Waals surface area contributed by atoms with Gasteiger partial charge in [0.1, 0.15) is 11.6 Å². The summed E-state index contributed by atoms with van der Waals surface area (Å²) >= 11 is 8.94. The molecular formula is C12H10BrClF4N2S. The van der Waals surface area contributed by atoms with Crippen LogP contribution >= 0.6 is 39.3 Å². The van der Waals surface area contributed by atoms with E-state index >= 15 is 0 Å². The van der Waals surface area contributed by atoms with E-state index in [9.17, 15) is 17.6 Å². The minimum Gasteiger partial charge on any atom is -0.326 e. The molecule has 0 aliphatic carbocycles. The summed E-state index contributed by atoms with van der Waals surface area (Å²) in [5.74, 6) is -0.267. The van der Waals surface area contributed by atoms with E-state index in [1.807, 2.05) is 0 Å². The quantitative estimate of drug-likeness (QED) is 0.494. The third-order valence-corrected chi connectivity index (χ3v) is 4.27. The summed E-state index contributed by atoms with van der Waals surface area (Å²) in [4.78, 5) is 4.27. The smallest absolute Gasteiger partial charge is 0.326 e. The van der Waals surface area contributed by atoms with E-state index in [0.29, 0.717) is 16.9 Å². The van der Waals surface area contributed by atoms with E-state index in [-0.39, 0.29) is 28.5 Å². The second-order valence-electron chi connectivity index (χ2n) is 4.29. The van der Waals surface area contributed by atoms with Crippen LogP contribution < -0.4 is 0 Å². The van der Waals surface area contributed by atoms with Gasteiger partial charge in [-0.3, -0.25) is 0 Å². The summed E-state index contributed by atoms with van der Waals surface area (Å²) in [5.41, 5.74) is -3.37. The van der Waals surface area contributed by atoms with Crippen molar-refractivity contribution in [1.29, 1.82) is 0 Å². The SMILES string of the molecule is CC(Cl)c1nc2cc(Br)c(F)cc2n1CCSC(F)(F)F. The third-order valence-electron chi connectivity index (χ3n) is 2.76. The van der Waals surface area contributed by atoms with Crippen LogP contribution in [-0.4, -0.2) is 20.8 Å². The van der Waals surface area contributed by atoms with Crippen LogP contribution in [0.1, 0.15) is 18.1 Å². The number of hydrogen-bond donors (Lipinski definition) is 0. The number of thioether (sulfide) groups is 1. The number of halogens is 6. The standard InChI is InChI=1S/C12H10BrClF4N2S/c1-6(14)11-19-9-4-7(13)8(15)5-10(9)20(11)2-3-21-12(16,17)18/h4-6H,2-3H2,1H3. The molecule has 0 N–H and O–H groups in total. The molecule has 9 heteroatoms. The lowest BCUT2D eigenvalue weighted by molar-refractivity contribution is -0.0328. The maximum Gasteiger partial charge on any atom is 0.441 e. The molecule has 1 aromatic carbocycles. The molecule has 0 saturated carbocycles. The van der Waals surface area contributed by atoms with E-state index in [1.165, 1.54) is 16.7 Å². The van der Waals surface area contributed by atoms with Gasteiger partial charge in [-0.2, -0.15) is 13.2 Å². The lowest BCUT2D eigenvalue weighted by Gasteiger charge is -2.11. The van der Waals surface area contributed by atoms with Crippen LogP contribution in [0.15, 0.2) is 16.6 Å². The average Bonchev–Trinajstić information content (AvgIpc) is 2.67. The molecule has 0 amide bonds. The molecule has 0 saturated heterocycles. The Morgan fingerprint density at radius 1 is 1.43 bits per heavy atom. The fourth-order valence-corrected chi connectivity index (χ4v) is 2.93.